The first kappa shape index (κ1) is 8.76. The van der Waals surface area contributed by atoms with Crippen molar-refractivity contribution >= 4 is 34.2 Å². The lowest BCUT2D eigenvalue weighted by Crippen LogP contribution is -2.27. The van der Waals surface area contributed by atoms with E-state index in [9.17, 15) is 0 Å². The van der Waals surface area contributed by atoms with Crippen LogP contribution in [0.15, 0.2) is 0 Å². The van der Waals surface area contributed by atoms with Crippen LogP contribution in [0.3, 0.4) is 0 Å². The second-order valence-electron chi connectivity index (χ2n) is 4.16. The average molecular weight is 198 g/mol. The number of rotatable bonds is 0. The third-order valence-corrected chi connectivity index (χ3v) is 4.16. The van der Waals surface area contributed by atoms with E-state index < -0.39 is 0 Å². The average Bonchev–Trinajstić information content (AvgIpc) is 2.29. The molecule has 0 radical (unpaired) electrons. The summed E-state index contributed by atoms with van der Waals surface area (Å²) in [7, 11) is 0. The van der Waals surface area contributed by atoms with Crippen molar-refractivity contribution < 1.29 is 0 Å². The van der Waals surface area contributed by atoms with E-state index in [1.54, 1.807) is 0 Å². The maximum absolute atomic E-state index is 5.44. The number of hydrogen-bond acceptors (Lipinski definition) is 2. The minimum Gasteiger partial charge on any atom is -0.0893 e. The lowest BCUT2D eigenvalue weighted by Gasteiger charge is -2.32. The molecule has 2 heteroatoms. The molecular weight excluding hydrogens is 184 g/mol. The van der Waals surface area contributed by atoms with Gasteiger partial charge in [-0.15, -0.1) is 0 Å². The highest BCUT2D eigenvalue weighted by molar-refractivity contribution is 7.82. The van der Waals surface area contributed by atoms with Gasteiger partial charge in [-0.05, 0) is 24.1 Å². The predicted molar refractivity (Wildman–Crippen MR) is 59.9 cm³/mol. The molecule has 0 heterocycles. The zero-order valence-corrected chi connectivity index (χ0v) is 8.90. The van der Waals surface area contributed by atoms with Crippen LogP contribution in [-0.2, 0) is 0 Å². The van der Waals surface area contributed by atoms with Gasteiger partial charge in [0.05, 0.1) is 0 Å². The van der Waals surface area contributed by atoms with Crippen LogP contribution in [0, 0.1) is 5.41 Å². The zero-order valence-electron chi connectivity index (χ0n) is 7.27. The maximum atomic E-state index is 5.44. The van der Waals surface area contributed by atoms with Gasteiger partial charge < -0.3 is 0 Å². The molecule has 0 atom stereocenters. The standard InChI is InChI=1S/C10H14S2/c11-8-6-9(12)10(7-8)4-2-1-3-5-10/h1-7H2. The number of thiocarbonyl (C=S) groups is 2. The molecule has 1 spiro atoms. The van der Waals surface area contributed by atoms with E-state index in [1.807, 2.05) is 0 Å². The van der Waals surface area contributed by atoms with Crippen LogP contribution in [0.1, 0.15) is 44.9 Å². The van der Waals surface area contributed by atoms with Gasteiger partial charge in [0, 0.05) is 16.7 Å². The summed E-state index contributed by atoms with van der Waals surface area (Å²) in [6, 6.07) is 0. The highest BCUT2D eigenvalue weighted by Crippen LogP contribution is 2.46. The van der Waals surface area contributed by atoms with Crippen LogP contribution >= 0.6 is 24.4 Å². The fraction of sp³-hybridized carbons (Fsp3) is 0.800. The number of hydrogen-bond donors (Lipinski definition) is 0. The molecule has 0 aromatic rings. The van der Waals surface area contributed by atoms with Crippen molar-refractivity contribution in [3.63, 3.8) is 0 Å². The van der Waals surface area contributed by atoms with Gasteiger partial charge in [0.2, 0.25) is 0 Å². The summed E-state index contributed by atoms with van der Waals surface area (Å²) in [6.45, 7) is 0. The zero-order chi connectivity index (χ0) is 8.60. The topological polar surface area (TPSA) is 0 Å². The molecule has 0 N–H and O–H groups in total. The van der Waals surface area contributed by atoms with Crippen molar-refractivity contribution in [1.29, 1.82) is 0 Å². The van der Waals surface area contributed by atoms with Gasteiger partial charge in [-0.25, -0.2) is 0 Å². The fourth-order valence-electron chi connectivity index (χ4n) is 2.59. The molecule has 2 aliphatic carbocycles. The Morgan fingerprint density at radius 1 is 1.00 bits per heavy atom. The summed E-state index contributed by atoms with van der Waals surface area (Å²) in [4.78, 5) is 2.48. The van der Waals surface area contributed by atoms with E-state index in [2.05, 4.69) is 0 Å². The van der Waals surface area contributed by atoms with Crippen LogP contribution in [0.2, 0.25) is 0 Å². The summed E-state index contributed by atoms with van der Waals surface area (Å²) in [6.07, 6.45) is 8.84. The normalized spacial score (nSPS) is 28.3. The largest absolute Gasteiger partial charge is 0.0893 e. The van der Waals surface area contributed by atoms with Crippen LogP contribution < -0.4 is 0 Å². The van der Waals surface area contributed by atoms with Gasteiger partial charge in [0.15, 0.2) is 0 Å². The molecule has 0 aliphatic heterocycles. The van der Waals surface area contributed by atoms with Crippen molar-refractivity contribution in [3.05, 3.63) is 0 Å². The van der Waals surface area contributed by atoms with Crippen molar-refractivity contribution in [2.45, 2.75) is 44.9 Å². The molecule has 0 nitrogen and oxygen atoms in total. The Morgan fingerprint density at radius 3 is 2.17 bits per heavy atom. The van der Waals surface area contributed by atoms with Gasteiger partial charge >= 0.3 is 0 Å². The molecule has 0 aromatic carbocycles. The molecule has 0 amide bonds. The second-order valence-corrected chi connectivity index (χ2v) is 5.23. The quantitative estimate of drug-likeness (QED) is 0.547. The molecule has 0 bridgehead atoms. The van der Waals surface area contributed by atoms with Gasteiger partial charge in [0.25, 0.3) is 0 Å². The Hall–Kier alpha value is 0.180. The third kappa shape index (κ3) is 1.35. The predicted octanol–water partition coefficient (Wildman–Crippen LogP) is 3.47. The van der Waals surface area contributed by atoms with E-state index in [0.717, 1.165) is 12.8 Å². The first-order chi connectivity index (χ1) is 5.73. The SMILES string of the molecule is S=C1CC(=S)C2(CCCCC2)C1. The molecule has 2 rings (SSSR count). The molecule has 12 heavy (non-hydrogen) atoms. The van der Waals surface area contributed by atoms with E-state index >= 15 is 0 Å². The summed E-state index contributed by atoms with van der Waals surface area (Å²) in [5, 5.41) is 0. The molecule has 0 aromatic heterocycles. The Balaban J connectivity index is 2.18. The van der Waals surface area contributed by atoms with Crippen LogP contribution in [0.25, 0.3) is 0 Å². The third-order valence-electron chi connectivity index (χ3n) is 3.30. The highest BCUT2D eigenvalue weighted by Gasteiger charge is 2.41. The minimum absolute atomic E-state index is 0.394. The van der Waals surface area contributed by atoms with Crippen LogP contribution in [0.4, 0.5) is 0 Å². The summed E-state index contributed by atoms with van der Waals surface area (Å²) in [5.41, 5.74) is 0.394. The molecule has 2 fully saturated rings. The monoisotopic (exact) mass is 198 g/mol. The Labute approximate surface area is 84.7 Å². The van der Waals surface area contributed by atoms with Crippen LogP contribution in [0.5, 0.6) is 0 Å². The maximum Gasteiger partial charge on any atom is 0.0108 e. The van der Waals surface area contributed by atoms with Crippen LogP contribution in [-0.4, -0.2) is 9.73 Å². The van der Waals surface area contributed by atoms with Gasteiger partial charge in [-0.2, -0.15) is 0 Å². The lowest BCUT2D eigenvalue weighted by molar-refractivity contribution is 0.304. The van der Waals surface area contributed by atoms with Gasteiger partial charge in [-0.3, -0.25) is 0 Å². The van der Waals surface area contributed by atoms with Gasteiger partial charge in [0.1, 0.15) is 0 Å². The summed E-state index contributed by atoms with van der Waals surface area (Å²) in [5.74, 6) is 0. The van der Waals surface area contributed by atoms with Crippen molar-refractivity contribution in [2.75, 3.05) is 0 Å². The van der Waals surface area contributed by atoms with E-state index in [-0.39, 0.29) is 0 Å². The van der Waals surface area contributed by atoms with E-state index in [4.69, 9.17) is 24.4 Å². The molecule has 2 saturated carbocycles. The fourth-order valence-corrected chi connectivity index (χ4v) is 3.55. The Morgan fingerprint density at radius 2 is 1.67 bits per heavy atom. The molecular formula is C10H14S2. The lowest BCUT2D eigenvalue weighted by atomic mass is 9.73. The Kier molecular flexibility index (Phi) is 2.30. The highest BCUT2D eigenvalue weighted by atomic mass is 32.1. The van der Waals surface area contributed by atoms with E-state index in [1.165, 1.54) is 41.8 Å². The Bertz CT molecular complexity index is 224. The van der Waals surface area contributed by atoms with E-state index in [0.29, 0.717) is 5.41 Å². The first-order valence-electron chi connectivity index (χ1n) is 4.78. The molecule has 66 valence electrons. The summed E-state index contributed by atoms with van der Waals surface area (Å²) >= 11 is 10.7. The van der Waals surface area contributed by atoms with Crippen molar-refractivity contribution in [3.8, 4) is 0 Å². The molecule has 0 saturated heterocycles. The van der Waals surface area contributed by atoms with Crippen molar-refractivity contribution in [2.24, 2.45) is 5.41 Å². The molecule has 2 aliphatic rings. The smallest absolute Gasteiger partial charge is 0.0108 e. The first-order valence-corrected chi connectivity index (χ1v) is 5.60. The minimum atomic E-state index is 0.394. The van der Waals surface area contributed by atoms with Crippen molar-refractivity contribution in [1.82, 2.24) is 0 Å². The van der Waals surface area contributed by atoms with Gasteiger partial charge in [-0.1, -0.05) is 43.7 Å². The summed E-state index contributed by atoms with van der Waals surface area (Å²) < 4.78 is 0. The second kappa shape index (κ2) is 3.15. The molecule has 0 unspecified atom stereocenters.